The van der Waals surface area contributed by atoms with Gasteiger partial charge < -0.3 is 15.0 Å². The van der Waals surface area contributed by atoms with Gasteiger partial charge in [-0.15, -0.1) is 0 Å². The molecule has 0 amide bonds. The van der Waals surface area contributed by atoms with Crippen LogP contribution >= 0.6 is 0 Å². The number of nitrogens with zero attached hydrogens (tertiary/aromatic N) is 5. The second-order valence-electron chi connectivity index (χ2n) is 11.2. The lowest BCUT2D eigenvalue weighted by Gasteiger charge is -2.36. The van der Waals surface area contributed by atoms with E-state index in [9.17, 15) is 13.5 Å². The number of aromatic nitrogens is 3. The van der Waals surface area contributed by atoms with Gasteiger partial charge in [0, 0.05) is 68.2 Å². The van der Waals surface area contributed by atoms with E-state index >= 15 is 0 Å². The molecule has 5 rings (SSSR count). The number of benzene rings is 1. The monoisotopic (exact) mass is 554 g/mol. The van der Waals surface area contributed by atoms with Gasteiger partial charge in [0.2, 0.25) is 16.0 Å². The van der Waals surface area contributed by atoms with E-state index in [1.54, 1.807) is 16.4 Å². The molecule has 10 heteroatoms. The molecule has 0 spiro atoms. The van der Waals surface area contributed by atoms with Crippen LogP contribution in [0.5, 0.6) is 0 Å². The lowest BCUT2D eigenvalue weighted by molar-refractivity contribution is 0.111. The van der Waals surface area contributed by atoms with Crippen LogP contribution in [0.25, 0.3) is 22.2 Å². The lowest BCUT2D eigenvalue weighted by Crippen LogP contribution is -2.50. The summed E-state index contributed by atoms with van der Waals surface area (Å²) < 4.78 is 30.6. The van der Waals surface area contributed by atoms with Crippen molar-refractivity contribution in [2.24, 2.45) is 0 Å². The topological polar surface area (TPSA) is 104 Å². The van der Waals surface area contributed by atoms with Crippen LogP contribution in [0, 0.1) is 0 Å². The fraction of sp³-hybridized carbons (Fsp3) is 0.586. The molecule has 2 aromatic heterocycles. The molecule has 1 aliphatic carbocycles. The van der Waals surface area contributed by atoms with Crippen LogP contribution in [0.15, 0.2) is 41.6 Å². The van der Waals surface area contributed by atoms with Gasteiger partial charge in [0.1, 0.15) is 5.65 Å². The summed E-state index contributed by atoms with van der Waals surface area (Å²) in [5, 5.41) is 14.3. The van der Waals surface area contributed by atoms with Crippen molar-refractivity contribution in [2.45, 2.75) is 82.4 Å². The summed E-state index contributed by atoms with van der Waals surface area (Å²) in [6, 6.07) is 7.92. The first kappa shape index (κ1) is 28.0. The average molecular weight is 555 g/mol. The van der Waals surface area contributed by atoms with Crippen LogP contribution in [0.4, 0.5) is 5.95 Å². The van der Waals surface area contributed by atoms with Crippen LogP contribution in [0.3, 0.4) is 0 Å². The number of aliphatic hydroxyl groups is 1. The maximum atomic E-state index is 13.4. The summed E-state index contributed by atoms with van der Waals surface area (Å²) in [6.45, 7) is 9.80. The molecule has 39 heavy (non-hydrogen) atoms. The third kappa shape index (κ3) is 5.99. The molecule has 1 saturated carbocycles. The second-order valence-corrected chi connectivity index (χ2v) is 13.1. The van der Waals surface area contributed by atoms with Crippen LogP contribution in [-0.2, 0) is 10.0 Å². The highest BCUT2D eigenvalue weighted by molar-refractivity contribution is 7.89. The van der Waals surface area contributed by atoms with Gasteiger partial charge in [-0.05, 0) is 63.6 Å². The normalized spacial score (nSPS) is 21.6. The predicted molar refractivity (Wildman–Crippen MR) is 155 cm³/mol. The van der Waals surface area contributed by atoms with Gasteiger partial charge in [-0.1, -0.05) is 25.5 Å². The van der Waals surface area contributed by atoms with E-state index in [-0.39, 0.29) is 12.1 Å². The molecule has 2 aliphatic rings. The summed E-state index contributed by atoms with van der Waals surface area (Å²) in [5.74, 6) is 0.622. The largest absolute Gasteiger partial charge is 0.393 e. The van der Waals surface area contributed by atoms with Crippen molar-refractivity contribution in [1.82, 2.24) is 23.7 Å². The third-order valence-corrected chi connectivity index (χ3v) is 10.2. The summed E-state index contributed by atoms with van der Waals surface area (Å²) in [6.07, 6.45) is 9.28. The average Bonchev–Trinajstić information content (AvgIpc) is 3.32. The SMILES string of the molecule is CCCCNc1ncc2c(-c3ccc(S(=O)(=O)N4CCN(C(C)C)CC4)cc3)cn([C@H]3CC[C@H](O)CC3)c2n1. The Bertz CT molecular complexity index is 1360. The van der Waals surface area contributed by atoms with E-state index in [1.807, 2.05) is 18.3 Å². The molecule has 2 fully saturated rings. The van der Waals surface area contributed by atoms with Crippen molar-refractivity contribution in [1.29, 1.82) is 0 Å². The van der Waals surface area contributed by atoms with Crippen molar-refractivity contribution in [2.75, 3.05) is 38.0 Å². The number of fused-ring (bicyclic) bond motifs is 1. The Morgan fingerprint density at radius 2 is 1.74 bits per heavy atom. The number of rotatable bonds is 9. The molecule has 212 valence electrons. The molecule has 0 atom stereocenters. The summed E-state index contributed by atoms with van der Waals surface area (Å²) in [4.78, 5) is 12.1. The number of unbranched alkanes of at least 4 members (excludes halogenated alkanes) is 1. The zero-order chi connectivity index (χ0) is 27.6. The zero-order valence-electron chi connectivity index (χ0n) is 23.4. The molecule has 1 saturated heterocycles. The Morgan fingerprint density at radius 3 is 2.38 bits per heavy atom. The Hall–Kier alpha value is -2.53. The number of hydrogen-bond acceptors (Lipinski definition) is 7. The minimum atomic E-state index is -3.54. The van der Waals surface area contributed by atoms with Gasteiger partial charge in [0.25, 0.3) is 0 Å². The van der Waals surface area contributed by atoms with Crippen LogP contribution in [0.2, 0.25) is 0 Å². The van der Waals surface area contributed by atoms with E-state index in [1.165, 1.54) is 0 Å². The molecule has 1 aliphatic heterocycles. The van der Waals surface area contributed by atoms with E-state index < -0.39 is 10.0 Å². The maximum absolute atomic E-state index is 13.4. The molecular weight excluding hydrogens is 512 g/mol. The molecule has 2 N–H and O–H groups in total. The first-order valence-corrected chi connectivity index (χ1v) is 15.9. The van der Waals surface area contributed by atoms with E-state index in [4.69, 9.17) is 4.98 Å². The number of sulfonamides is 1. The molecule has 0 unspecified atom stereocenters. The highest BCUT2D eigenvalue weighted by Gasteiger charge is 2.29. The zero-order valence-corrected chi connectivity index (χ0v) is 24.2. The predicted octanol–water partition coefficient (Wildman–Crippen LogP) is 4.50. The van der Waals surface area contributed by atoms with Gasteiger partial charge in [0.15, 0.2) is 0 Å². The standard InChI is InChI=1S/C29H42N6O3S/c1-4-5-14-30-29-31-19-26-27(20-35(28(26)32-29)23-8-10-24(36)11-9-23)22-6-12-25(13-7-22)39(37,38)34-17-15-33(16-18-34)21(2)3/h6-7,12-13,19-21,23-24,36H,4-5,8-11,14-18H2,1-3H3,(H,30,31,32)/t23-,24-. The van der Waals surface area contributed by atoms with Gasteiger partial charge in [0.05, 0.1) is 11.0 Å². The minimum Gasteiger partial charge on any atom is -0.393 e. The molecule has 0 bridgehead atoms. The van der Waals surface area contributed by atoms with Gasteiger partial charge in [-0.25, -0.2) is 13.4 Å². The Balaban J connectivity index is 1.43. The molecule has 9 nitrogen and oxygen atoms in total. The summed E-state index contributed by atoms with van der Waals surface area (Å²) in [7, 11) is -3.54. The first-order chi connectivity index (χ1) is 18.8. The van der Waals surface area contributed by atoms with Crippen molar-refractivity contribution < 1.29 is 13.5 Å². The quantitative estimate of drug-likeness (QED) is 0.375. The lowest BCUT2D eigenvalue weighted by atomic mass is 9.93. The molecule has 1 aromatic carbocycles. The summed E-state index contributed by atoms with van der Waals surface area (Å²) >= 11 is 0. The van der Waals surface area contributed by atoms with Gasteiger partial charge in [-0.2, -0.15) is 9.29 Å². The van der Waals surface area contributed by atoms with Crippen LogP contribution < -0.4 is 5.32 Å². The molecule has 3 heterocycles. The highest BCUT2D eigenvalue weighted by atomic mass is 32.2. The minimum absolute atomic E-state index is 0.230. The first-order valence-electron chi connectivity index (χ1n) is 14.4. The smallest absolute Gasteiger partial charge is 0.243 e. The Morgan fingerprint density at radius 1 is 1.05 bits per heavy atom. The third-order valence-electron chi connectivity index (χ3n) is 8.25. The van der Waals surface area contributed by atoms with Crippen LogP contribution in [0.1, 0.15) is 65.3 Å². The van der Waals surface area contributed by atoms with E-state index in [2.05, 4.69) is 46.7 Å². The van der Waals surface area contributed by atoms with Crippen molar-refractivity contribution in [3.8, 4) is 11.1 Å². The van der Waals surface area contributed by atoms with Crippen molar-refractivity contribution >= 4 is 27.0 Å². The molecule has 3 aromatic rings. The number of aliphatic hydroxyl groups excluding tert-OH is 1. The number of hydrogen-bond donors (Lipinski definition) is 2. The Kier molecular flexibility index (Phi) is 8.56. The second kappa shape index (κ2) is 11.9. The molecular formula is C29H42N6O3S. The highest BCUT2D eigenvalue weighted by Crippen LogP contribution is 2.37. The number of anilines is 1. The maximum Gasteiger partial charge on any atom is 0.243 e. The molecule has 0 radical (unpaired) electrons. The van der Waals surface area contributed by atoms with Crippen molar-refractivity contribution in [3.63, 3.8) is 0 Å². The van der Waals surface area contributed by atoms with Gasteiger partial charge in [-0.3, -0.25) is 4.90 Å². The van der Waals surface area contributed by atoms with Crippen LogP contribution in [-0.4, -0.2) is 82.1 Å². The van der Waals surface area contributed by atoms with E-state index in [0.717, 1.165) is 80.3 Å². The number of piperazine rings is 1. The van der Waals surface area contributed by atoms with Gasteiger partial charge >= 0.3 is 0 Å². The van der Waals surface area contributed by atoms with Crippen molar-refractivity contribution in [3.05, 3.63) is 36.7 Å². The van der Waals surface area contributed by atoms with E-state index in [0.29, 0.717) is 30.0 Å². The summed E-state index contributed by atoms with van der Waals surface area (Å²) in [5.41, 5.74) is 2.80. The number of nitrogens with one attached hydrogen (secondary N) is 1. The Labute approximate surface area is 232 Å². The fourth-order valence-electron chi connectivity index (χ4n) is 5.75. The fourth-order valence-corrected chi connectivity index (χ4v) is 7.17.